The standard InChI is InChI=1S/C15H17ClN4O/c1-11-8-20(13-4-2-12(16)3-5-13)15(21)10-19(11)9-14-17-6-7-18-14/h2-7,11H,8-10H2,1H3,(H,17,18)/t11-/m0/s1. The first-order valence-electron chi connectivity index (χ1n) is 6.92. The lowest BCUT2D eigenvalue weighted by Crippen LogP contribution is -2.54. The van der Waals surface area contributed by atoms with Gasteiger partial charge in [0.05, 0.1) is 13.1 Å². The summed E-state index contributed by atoms with van der Waals surface area (Å²) in [5.74, 6) is 0.983. The molecule has 1 fully saturated rings. The summed E-state index contributed by atoms with van der Waals surface area (Å²) in [5, 5.41) is 0.677. The molecule has 1 aromatic carbocycles. The zero-order valence-corrected chi connectivity index (χ0v) is 12.5. The molecule has 0 unspecified atom stereocenters. The number of imidazole rings is 1. The summed E-state index contributed by atoms with van der Waals surface area (Å²) in [4.78, 5) is 23.6. The average molecular weight is 305 g/mol. The first kappa shape index (κ1) is 14.1. The number of benzene rings is 1. The molecule has 1 aromatic heterocycles. The Hall–Kier alpha value is -1.85. The summed E-state index contributed by atoms with van der Waals surface area (Å²) in [7, 11) is 0. The van der Waals surface area contributed by atoms with Gasteiger partial charge in [-0.1, -0.05) is 11.6 Å². The Bertz CT molecular complexity index is 611. The van der Waals surface area contributed by atoms with E-state index in [1.165, 1.54) is 0 Å². The SMILES string of the molecule is C[C@H]1CN(c2ccc(Cl)cc2)C(=O)CN1Cc1ncc[nH]1. The Balaban J connectivity index is 1.71. The molecule has 0 saturated carbocycles. The van der Waals surface area contributed by atoms with Gasteiger partial charge in [0, 0.05) is 35.7 Å². The van der Waals surface area contributed by atoms with Crippen LogP contribution in [-0.4, -0.2) is 39.9 Å². The normalized spacial score (nSPS) is 20.0. The van der Waals surface area contributed by atoms with Crippen molar-refractivity contribution in [1.82, 2.24) is 14.9 Å². The van der Waals surface area contributed by atoms with Crippen molar-refractivity contribution < 1.29 is 4.79 Å². The number of carbonyl (C=O) groups excluding carboxylic acids is 1. The van der Waals surface area contributed by atoms with Crippen LogP contribution in [0.15, 0.2) is 36.7 Å². The minimum atomic E-state index is 0.0991. The van der Waals surface area contributed by atoms with Crippen LogP contribution >= 0.6 is 11.6 Å². The minimum absolute atomic E-state index is 0.0991. The minimum Gasteiger partial charge on any atom is -0.348 e. The van der Waals surface area contributed by atoms with Gasteiger partial charge in [0.15, 0.2) is 0 Å². The predicted molar refractivity (Wildman–Crippen MR) is 82.3 cm³/mol. The monoisotopic (exact) mass is 304 g/mol. The van der Waals surface area contributed by atoms with Crippen molar-refractivity contribution in [3.63, 3.8) is 0 Å². The Morgan fingerprint density at radius 3 is 2.81 bits per heavy atom. The molecule has 0 bridgehead atoms. The zero-order chi connectivity index (χ0) is 14.8. The van der Waals surface area contributed by atoms with Gasteiger partial charge < -0.3 is 9.88 Å². The molecule has 21 heavy (non-hydrogen) atoms. The van der Waals surface area contributed by atoms with Crippen molar-refractivity contribution >= 4 is 23.2 Å². The Labute approximate surface area is 128 Å². The molecule has 3 rings (SSSR count). The van der Waals surface area contributed by atoms with Crippen LogP contribution in [0.2, 0.25) is 5.02 Å². The summed E-state index contributed by atoms with van der Waals surface area (Å²) < 4.78 is 0. The van der Waals surface area contributed by atoms with Crippen molar-refractivity contribution in [2.75, 3.05) is 18.0 Å². The molecule has 2 heterocycles. The molecule has 1 N–H and O–H groups in total. The van der Waals surface area contributed by atoms with Crippen molar-refractivity contribution in [1.29, 1.82) is 0 Å². The smallest absolute Gasteiger partial charge is 0.241 e. The van der Waals surface area contributed by atoms with Crippen LogP contribution < -0.4 is 4.90 Å². The molecule has 0 aliphatic carbocycles. The number of aromatic nitrogens is 2. The van der Waals surface area contributed by atoms with Gasteiger partial charge in [0.2, 0.25) is 5.91 Å². The number of nitrogens with zero attached hydrogens (tertiary/aromatic N) is 3. The summed E-state index contributed by atoms with van der Waals surface area (Å²) in [6, 6.07) is 7.65. The molecular weight excluding hydrogens is 288 g/mol. The van der Waals surface area contributed by atoms with Gasteiger partial charge in [-0.25, -0.2) is 4.98 Å². The van der Waals surface area contributed by atoms with Crippen LogP contribution in [0.1, 0.15) is 12.7 Å². The number of anilines is 1. The molecule has 2 aromatic rings. The third-order valence-corrected chi connectivity index (χ3v) is 4.01. The number of nitrogens with one attached hydrogen (secondary N) is 1. The maximum Gasteiger partial charge on any atom is 0.241 e. The molecule has 1 atom stereocenters. The van der Waals surface area contributed by atoms with Crippen molar-refractivity contribution in [3.05, 3.63) is 47.5 Å². The molecule has 1 amide bonds. The predicted octanol–water partition coefficient (Wildman–Crippen LogP) is 2.30. The van der Waals surface area contributed by atoms with E-state index < -0.39 is 0 Å². The van der Waals surface area contributed by atoms with Gasteiger partial charge in [-0.2, -0.15) is 0 Å². The maximum atomic E-state index is 12.4. The molecule has 1 aliphatic rings. The van der Waals surface area contributed by atoms with Crippen molar-refractivity contribution in [2.24, 2.45) is 0 Å². The average Bonchev–Trinajstić information content (AvgIpc) is 2.97. The fraction of sp³-hybridized carbons (Fsp3) is 0.333. The number of carbonyl (C=O) groups is 1. The quantitative estimate of drug-likeness (QED) is 0.946. The lowest BCUT2D eigenvalue weighted by molar-refractivity contribution is -0.122. The van der Waals surface area contributed by atoms with E-state index >= 15 is 0 Å². The molecule has 5 nitrogen and oxygen atoms in total. The highest BCUT2D eigenvalue weighted by molar-refractivity contribution is 6.30. The van der Waals surface area contributed by atoms with E-state index in [0.717, 1.165) is 11.5 Å². The molecule has 0 radical (unpaired) electrons. The van der Waals surface area contributed by atoms with E-state index in [0.29, 0.717) is 24.7 Å². The number of aromatic amines is 1. The molecular formula is C15H17ClN4O. The van der Waals surface area contributed by atoms with Crippen LogP contribution in [0.3, 0.4) is 0 Å². The second-order valence-corrected chi connectivity index (χ2v) is 5.71. The number of hydrogen-bond donors (Lipinski definition) is 1. The maximum absolute atomic E-state index is 12.4. The van der Waals surface area contributed by atoms with E-state index in [2.05, 4.69) is 21.8 Å². The van der Waals surface area contributed by atoms with E-state index in [4.69, 9.17) is 11.6 Å². The summed E-state index contributed by atoms with van der Waals surface area (Å²) >= 11 is 5.90. The summed E-state index contributed by atoms with van der Waals surface area (Å²) in [6.07, 6.45) is 3.53. The van der Waals surface area contributed by atoms with Crippen LogP contribution in [0.5, 0.6) is 0 Å². The number of hydrogen-bond acceptors (Lipinski definition) is 3. The lowest BCUT2D eigenvalue weighted by atomic mass is 10.1. The van der Waals surface area contributed by atoms with Crippen molar-refractivity contribution in [3.8, 4) is 0 Å². The van der Waals surface area contributed by atoms with Gasteiger partial charge in [-0.15, -0.1) is 0 Å². The number of H-pyrrole nitrogens is 1. The topological polar surface area (TPSA) is 52.2 Å². The van der Waals surface area contributed by atoms with E-state index in [1.807, 2.05) is 29.2 Å². The van der Waals surface area contributed by atoms with Crippen molar-refractivity contribution in [2.45, 2.75) is 19.5 Å². The molecule has 110 valence electrons. The van der Waals surface area contributed by atoms with E-state index in [9.17, 15) is 4.79 Å². The summed E-state index contributed by atoms with van der Waals surface area (Å²) in [6.45, 7) is 3.85. The third kappa shape index (κ3) is 3.09. The van der Waals surface area contributed by atoms with Gasteiger partial charge in [-0.3, -0.25) is 9.69 Å². The first-order valence-corrected chi connectivity index (χ1v) is 7.29. The van der Waals surface area contributed by atoms with Gasteiger partial charge in [-0.05, 0) is 31.2 Å². The Morgan fingerprint density at radius 2 is 2.14 bits per heavy atom. The second kappa shape index (κ2) is 5.87. The van der Waals surface area contributed by atoms with Crippen LogP contribution in [0.4, 0.5) is 5.69 Å². The van der Waals surface area contributed by atoms with Crippen LogP contribution in [0.25, 0.3) is 0 Å². The van der Waals surface area contributed by atoms with Crippen LogP contribution in [0, 0.1) is 0 Å². The molecule has 6 heteroatoms. The van der Waals surface area contributed by atoms with Gasteiger partial charge in [0.1, 0.15) is 5.82 Å². The lowest BCUT2D eigenvalue weighted by Gasteiger charge is -2.39. The molecule has 1 saturated heterocycles. The number of halogens is 1. The highest BCUT2D eigenvalue weighted by atomic mass is 35.5. The fourth-order valence-corrected chi connectivity index (χ4v) is 2.68. The van der Waals surface area contributed by atoms with Gasteiger partial charge in [0.25, 0.3) is 0 Å². The number of amides is 1. The summed E-state index contributed by atoms with van der Waals surface area (Å²) in [5.41, 5.74) is 0.897. The Kier molecular flexibility index (Phi) is 3.94. The zero-order valence-electron chi connectivity index (χ0n) is 11.8. The van der Waals surface area contributed by atoms with E-state index in [1.54, 1.807) is 12.4 Å². The van der Waals surface area contributed by atoms with E-state index in [-0.39, 0.29) is 11.9 Å². The third-order valence-electron chi connectivity index (χ3n) is 3.76. The second-order valence-electron chi connectivity index (χ2n) is 5.27. The molecule has 1 aliphatic heterocycles. The first-order chi connectivity index (χ1) is 10.1. The fourth-order valence-electron chi connectivity index (χ4n) is 2.56. The Morgan fingerprint density at radius 1 is 1.38 bits per heavy atom. The number of rotatable bonds is 3. The van der Waals surface area contributed by atoms with Crippen LogP contribution in [-0.2, 0) is 11.3 Å². The highest BCUT2D eigenvalue weighted by Gasteiger charge is 2.30. The molecule has 0 spiro atoms. The number of piperazine rings is 1. The largest absolute Gasteiger partial charge is 0.348 e. The highest BCUT2D eigenvalue weighted by Crippen LogP contribution is 2.22. The van der Waals surface area contributed by atoms with Gasteiger partial charge >= 0.3 is 0 Å².